The van der Waals surface area contributed by atoms with Crippen LogP contribution in [0.3, 0.4) is 0 Å². The van der Waals surface area contributed by atoms with Gasteiger partial charge in [-0.25, -0.2) is 4.98 Å². The molecule has 0 atom stereocenters. The van der Waals surface area contributed by atoms with E-state index < -0.39 is 0 Å². The van der Waals surface area contributed by atoms with Crippen LogP contribution in [0, 0.1) is 0 Å². The van der Waals surface area contributed by atoms with Gasteiger partial charge in [-0.15, -0.1) is 11.3 Å². The average Bonchev–Trinajstić information content (AvgIpc) is 3.21. The molecule has 6 nitrogen and oxygen atoms in total. The van der Waals surface area contributed by atoms with Gasteiger partial charge in [-0.05, 0) is 30.3 Å². The van der Waals surface area contributed by atoms with Crippen LogP contribution in [0.5, 0.6) is 5.75 Å². The van der Waals surface area contributed by atoms with Crippen LogP contribution in [0.25, 0.3) is 31.7 Å². The molecule has 0 saturated carbocycles. The monoisotopic (exact) mass is 344 g/mol. The Morgan fingerprint density at radius 3 is 2.57 bits per heavy atom. The van der Waals surface area contributed by atoms with E-state index in [4.69, 9.17) is 4.52 Å². The number of rotatable bonds is 3. The molecule has 0 saturated heterocycles. The van der Waals surface area contributed by atoms with E-state index in [1.165, 1.54) is 11.3 Å². The number of fused-ring (bicyclic) bond motifs is 1. The van der Waals surface area contributed by atoms with Crippen molar-refractivity contribution in [3.05, 3.63) is 30.3 Å². The zero-order valence-electron chi connectivity index (χ0n) is 12.3. The standard InChI is InChI=1S/C15H12N4O2S2/c1-19(2)15-17-14-11(23-15)7-10(22-14)13-16-12(18-21-13)8-3-5-9(20)6-4-8/h3-7,20H,1-2H3. The maximum Gasteiger partial charge on any atom is 0.268 e. The number of aromatic hydroxyl groups is 1. The first-order valence-electron chi connectivity index (χ1n) is 6.81. The number of nitrogens with zero attached hydrogens (tertiary/aromatic N) is 4. The Kier molecular flexibility index (Phi) is 3.28. The fourth-order valence-electron chi connectivity index (χ4n) is 2.07. The quantitative estimate of drug-likeness (QED) is 0.608. The molecule has 1 N–H and O–H groups in total. The van der Waals surface area contributed by atoms with E-state index in [0.717, 1.165) is 25.1 Å². The summed E-state index contributed by atoms with van der Waals surface area (Å²) in [5, 5.41) is 14.3. The van der Waals surface area contributed by atoms with E-state index in [1.807, 2.05) is 25.1 Å². The SMILES string of the molecule is CN(C)c1nc2sc(-c3nc(-c4ccc(O)cc4)no3)cc2s1. The normalized spacial score (nSPS) is 11.2. The Balaban J connectivity index is 1.68. The number of aromatic nitrogens is 3. The fraction of sp³-hybridized carbons (Fsp3) is 0.133. The highest BCUT2D eigenvalue weighted by atomic mass is 32.1. The van der Waals surface area contributed by atoms with E-state index in [0.29, 0.717) is 11.7 Å². The number of benzene rings is 1. The molecule has 0 fully saturated rings. The van der Waals surface area contributed by atoms with Gasteiger partial charge in [-0.2, -0.15) is 4.98 Å². The minimum absolute atomic E-state index is 0.207. The minimum atomic E-state index is 0.207. The summed E-state index contributed by atoms with van der Waals surface area (Å²) in [6.07, 6.45) is 0. The van der Waals surface area contributed by atoms with E-state index in [1.54, 1.807) is 35.6 Å². The fourth-order valence-corrected chi connectivity index (χ4v) is 4.13. The molecule has 0 unspecified atom stereocenters. The highest BCUT2D eigenvalue weighted by molar-refractivity contribution is 7.30. The Morgan fingerprint density at radius 2 is 1.87 bits per heavy atom. The molecule has 4 rings (SSSR count). The van der Waals surface area contributed by atoms with E-state index >= 15 is 0 Å². The van der Waals surface area contributed by atoms with Crippen molar-refractivity contribution < 1.29 is 9.63 Å². The van der Waals surface area contributed by atoms with Crippen LogP contribution in [0.1, 0.15) is 0 Å². The van der Waals surface area contributed by atoms with Gasteiger partial charge in [0.25, 0.3) is 5.89 Å². The van der Waals surface area contributed by atoms with Crippen molar-refractivity contribution in [3.8, 4) is 27.9 Å². The van der Waals surface area contributed by atoms with Crippen molar-refractivity contribution in [2.75, 3.05) is 19.0 Å². The van der Waals surface area contributed by atoms with Gasteiger partial charge in [0.1, 0.15) is 10.6 Å². The van der Waals surface area contributed by atoms with Crippen molar-refractivity contribution in [2.45, 2.75) is 0 Å². The zero-order chi connectivity index (χ0) is 16.0. The molecule has 0 bridgehead atoms. The number of hydrogen-bond donors (Lipinski definition) is 1. The Bertz CT molecular complexity index is 938. The highest BCUT2D eigenvalue weighted by Gasteiger charge is 2.16. The maximum atomic E-state index is 9.33. The molecule has 8 heteroatoms. The summed E-state index contributed by atoms with van der Waals surface area (Å²) in [4.78, 5) is 12.9. The second-order valence-corrected chi connectivity index (χ2v) is 7.18. The van der Waals surface area contributed by atoms with Crippen LogP contribution in [-0.2, 0) is 0 Å². The van der Waals surface area contributed by atoms with Crippen LogP contribution in [-0.4, -0.2) is 34.3 Å². The summed E-state index contributed by atoms with van der Waals surface area (Å²) in [6, 6.07) is 8.72. The molecule has 0 aliphatic rings. The number of phenols is 1. The van der Waals surface area contributed by atoms with Crippen molar-refractivity contribution in [3.63, 3.8) is 0 Å². The Morgan fingerprint density at radius 1 is 1.09 bits per heavy atom. The molecule has 3 aromatic heterocycles. The summed E-state index contributed by atoms with van der Waals surface area (Å²) in [6.45, 7) is 0. The molecule has 1 aromatic carbocycles. The van der Waals surface area contributed by atoms with Gasteiger partial charge in [-0.1, -0.05) is 16.5 Å². The molecule has 0 radical (unpaired) electrons. The van der Waals surface area contributed by atoms with Gasteiger partial charge in [-0.3, -0.25) is 0 Å². The van der Waals surface area contributed by atoms with Crippen LogP contribution >= 0.6 is 22.7 Å². The van der Waals surface area contributed by atoms with Crippen molar-refractivity contribution in [1.29, 1.82) is 0 Å². The maximum absolute atomic E-state index is 9.33. The number of thiophene rings is 1. The lowest BCUT2D eigenvalue weighted by Gasteiger charge is -2.04. The second-order valence-electron chi connectivity index (χ2n) is 5.14. The lowest BCUT2D eigenvalue weighted by Crippen LogP contribution is -2.07. The van der Waals surface area contributed by atoms with Crippen LogP contribution in [0.4, 0.5) is 5.13 Å². The third kappa shape index (κ3) is 2.55. The summed E-state index contributed by atoms with van der Waals surface area (Å²) >= 11 is 3.17. The number of phenolic OH excluding ortho intramolecular Hbond substituents is 1. The highest BCUT2D eigenvalue weighted by Crippen LogP contribution is 2.38. The second kappa shape index (κ2) is 5.32. The summed E-state index contributed by atoms with van der Waals surface area (Å²) in [5.74, 6) is 1.19. The van der Waals surface area contributed by atoms with Crippen LogP contribution < -0.4 is 4.90 Å². The summed E-state index contributed by atoms with van der Waals surface area (Å²) in [7, 11) is 3.95. The van der Waals surface area contributed by atoms with E-state index in [2.05, 4.69) is 15.1 Å². The summed E-state index contributed by atoms with van der Waals surface area (Å²) < 4.78 is 6.47. The third-order valence-electron chi connectivity index (χ3n) is 3.22. The summed E-state index contributed by atoms with van der Waals surface area (Å²) in [5.41, 5.74) is 0.796. The third-order valence-corrected chi connectivity index (χ3v) is 5.54. The minimum Gasteiger partial charge on any atom is -0.508 e. The molecule has 0 aliphatic carbocycles. The molecular formula is C15H12N4O2S2. The van der Waals surface area contributed by atoms with Crippen molar-refractivity contribution >= 4 is 37.3 Å². The van der Waals surface area contributed by atoms with Gasteiger partial charge in [0.15, 0.2) is 5.13 Å². The van der Waals surface area contributed by atoms with E-state index in [-0.39, 0.29) is 5.75 Å². The first-order chi connectivity index (χ1) is 11.1. The molecule has 23 heavy (non-hydrogen) atoms. The predicted molar refractivity (Wildman–Crippen MR) is 92.2 cm³/mol. The van der Waals surface area contributed by atoms with Crippen molar-refractivity contribution in [2.24, 2.45) is 0 Å². The largest absolute Gasteiger partial charge is 0.508 e. The van der Waals surface area contributed by atoms with E-state index in [9.17, 15) is 5.11 Å². The molecule has 116 valence electrons. The zero-order valence-corrected chi connectivity index (χ0v) is 14.0. The first-order valence-corrected chi connectivity index (χ1v) is 8.44. The lowest BCUT2D eigenvalue weighted by atomic mass is 10.2. The molecule has 0 spiro atoms. The number of anilines is 1. The van der Waals surface area contributed by atoms with Gasteiger partial charge in [0, 0.05) is 19.7 Å². The smallest absolute Gasteiger partial charge is 0.268 e. The topological polar surface area (TPSA) is 75.3 Å². The van der Waals surface area contributed by atoms with Gasteiger partial charge < -0.3 is 14.5 Å². The molecule has 0 amide bonds. The lowest BCUT2D eigenvalue weighted by molar-refractivity contribution is 0.433. The number of thiazole rings is 1. The van der Waals surface area contributed by atoms with Crippen LogP contribution in [0.15, 0.2) is 34.9 Å². The molecule has 0 aliphatic heterocycles. The Hall–Kier alpha value is -2.45. The molecule has 3 heterocycles. The average molecular weight is 344 g/mol. The first kappa shape index (κ1) is 14.2. The van der Waals surface area contributed by atoms with Gasteiger partial charge >= 0.3 is 0 Å². The molecular weight excluding hydrogens is 332 g/mol. The van der Waals surface area contributed by atoms with Crippen molar-refractivity contribution in [1.82, 2.24) is 15.1 Å². The predicted octanol–water partition coefficient (Wildman–Crippen LogP) is 3.85. The van der Waals surface area contributed by atoms with Gasteiger partial charge in [0.2, 0.25) is 5.82 Å². The Labute approximate surface area is 139 Å². The van der Waals surface area contributed by atoms with Gasteiger partial charge in [0.05, 0.1) is 9.58 Å². The van der Waals surface area contributed by atoms with Crippen LogP contribution in [0.2, 0.25) is 0 Å². The number of hydrogen-bond acceptors (Lipinski definition) is 8. The molecule has 4 aromatic rings.